The van der Waals surface area contributed by atoms with Gasteiger partial charge in [0.15, 0.2) is 0 Å². The predicted molar refractivity (Wildman–Crippen MR) is 145 cm³/mol. The van der Waals surface area contributed by atoms with E-state index in [2.05, 4.69) is 71.9 Å². The van der Waals surface area contributed by atoms with Crippen molar-refractivity contribution in [2.45, 2.75) is 25.3 Å². The van der Waals surface area contributed by atoms with Crippen molar-refractivity contribution < 1.29 is 9.30 Å². The lowest BCUT2D eigenvalue weighted by atomic mass is 10.1. The molecule has 2 heterocycles. The Labute approximate surface area is 214 Å². The molecule has 0 bridgehead atoms. The third-order valence-corrected chi connectivity index (χ3v) is 7.80. The summed E-state index contributed by atoms with van der Waals surface area (Å²) in [4.78, 5) is 3.58. The van der Waals surface area contributed by atoms with Crippen molar-refractivity contribution in [2.75, 3.05) is 18.6 Å². The first-order valence-corrected chi connectivity index (χ1v) is 12.9. The Morgan fingerprint density at radius 2 is 1.82 bits per heavy atom. The highest BCUT2D eigenvalue weighted by Gasteiger charge is 2.26. The van der Waals surface area contributed by atoms with Crippen LogP contribution in [-0.2, 0) is 6.54 Å². The third kappa shape index (κ3) is 4.15. The van der Waals surface area contributed by atoms with Crippen LogP contribution in [0.2, 0.25) is 10.0 Å². The summed E-state index contributed by atoms with van der Waals surface area (Å²) in [5.74, 6) is 0.871. The zero-order chi connectivity index (χ0) is 23.8. The minimum Gasteiger partial charge on any atom is -0.497 e. The smallest absolute Gasteiger partial charge is 0.213 e. The number of hydrogen-bond donors (Lipinski definition) is 0. The molecule has 1 aliphatic heterocycles. The van der Waals surface area contributed by atoms with E-state index in [1.54, 1.807) is 18.9 Å². The second-order valence-electron chi connectivity index (χ2n) is 8.06. The Hall–Kier alpha value is -2.66. The zero-order valence-corrected chi connectivity index (χ0v) is 21.6. The number of thioether (sulfide) groups is 1. The lowest BCUT2D eigenvalue weighted by Gasteiger charge is -2.18. The minimum absolute atomic E-state index is 0.682. The molecule has 1 aliphatic rings. The number of pyridine rings is 1. The van der Waals surface area contributed by atoms with E-state index in [9.17, 15) is 0 Å². The second-order valence-corrected chi connectivity index (χ2v) is 9.97. The Bertz CT molecular complexity index is 1430. The van der Waals surface area contributed by atoms with Crippen LogP contribution in [0.15, 0.2) is 76.7 Å². The number of halogens is 2. The Morgan fingerprint density at radius 1 is 0.971 bits per heavy atom. The molecule has 34 heavy (non-hydrogen) atoms. The monoisotopic (exact) mass is 507 g/mol. The van der Waals surface area contributed by atoms with Gasteiger partial charge in [0.1, 0.15) is 12.3 Å². The number of ether oxygens (including phenoxy) is 1. The van der Waals surface area contributed by atoms with Crippen LogP contribution in [0.1, 0.15) is 19.5 Å². The first kappa shape index (κ1) is 23.1. The third-order valence-electron chi connectivity index (χ3n) is 6.15. The van der Waals surface area contributed by atoms with E-state index in [4.69, 9.17) is 27.9 Å². The molecule has 4 aromatic rings. The van der Waals surface area contributed by atoms with Crippen LogP contribution < -0.4 is 14.2 Å². The van der Waals surface area contributed by atoms with Crippen molar-refractivity contribution >= 4 is 57.6 Å². The highest BCUT2D eigenvalue weighted by atomic mass is 35.5. The Balaban J connectivity index is 1.56. The molecule has 3 nitrogen and oxygen atoms in total. The summed E-state index contributed by atoms with van der Waals surface area (Å²) in [6.45, 7) is 6.14. The van der Waals surface area contributed by atoms with E-state index in [1.807, 2.05) is 24.3 Å². The molecule has 0 N–H and O–H groups in total. The van der Waals surface area contributed by atoms with Gasteiger partial charge in [-0.05, 0) is 67.9 Å². The predicted octanol–water partition coefficient (Wildman–Crippen LogP) is 8.06. The lowest BCUT2D eigenvalue weighted by Crippen LogP contribution is -2.37. The van der Waals surface area contributed by atoms with Crippen LogP contribution in [0.4, 0.5) is 5.69 Å². The second kappa shape index (κ2) is 9.53. The first-order valence-electron chi connectivity index (χ1n) is 11.3. The van der Waals surface area contributed by atoms with Gasteiger partial charge in [-0.25, -0.2) is 0 Å². The van der Waals surface area contributed by atoms with Crippen LogP contribution in [0.25, 0.3) is 28.1 Å². The highest BCUT2D eigenvalue weighted by molar-refractivity contribution is 8.03. The standard InChI is InChI=1S/C28H25Cl2N2OS/c1-4-31-21(9-6-19-14-22(33-3)10-13-25(19)31)17-28-32(5-2)26-12-7-18(15-27(26)34-28)23-16-20(29)8-11-24(23)30/h6-17H,4-5H2,1-3H3/q+1. The number of benzene rings is 3. The summed E-state index contributed by atoms with van der Waals surface area (Å²) in [6.07, 6.45) is 2.29. The molecular formula is C28H25Cl2N2OS+. The molecule has 0 saturated heterocycles. The molecular weight excluding hydrogens is 483 g/mol. The fourth-order valence-electron chi connectivity index (χ4n) is 4.47. The van der Waals surface area contributed by atoms with Crippen LogP contribution in [0.5, 0.6) is 5.75 Å². The number of nitrogens with zero attached hydrogens (tertiary/aromatic N) is 2. The van der Waals surface area contributed by atoms with Gasteiger partial charge in [-0.2, -0.15) is 4.57 Å². The average molecular weight is 508 g/mol. The zero-order valence-electron chi connectivity index (χ0n) is 19.3. The summed E-state index contributed by atoms with van der Waals surface area (Å²) in [6, 6.07) is 22.7. The largest absolute Gasteiger partial charge is 0.497 e. The van der Waals surface area contributed by atoms with Crippen molar-refractivity contribution in [3.8, 4) is 16.9 Å². The van der Waals surface area contributed by atoms with Gasteiger partial charge >= 0.3 is 0 Å². The minimum atomic E-state index is 0.682. The summed E-state index contributed by atoms with van der Waals surface area (Å²) in [5, 5.41) is 3.76. The average Bonchev–Trinajstić information content (AvgIpc) is 3.21. The van der Waals surface area contributed by atoms with Gasteiger partial charge < -0.3 is 9.64 Å². The van der Waals surface area contributed by atoms with E-state index < -0.39 is 0 Å². The highest BCUT2D eigenvalue weighted by Crippen LogP contribution is 2.48. The lowest BCUT2D eigenvalue weighted by molar-refractivity contribution is -0.669. The van der Waals surface area contributed by atoms with Gasteiger partial charge in [-0.15, -0.1) is 0 Å². The van der Waals surface area contributed by atoms with E-state index in [1.165, 1.54) is 32.2 Å². The molecule has 0 fully saturated rings. The maximum atomic E-state index is 6.48. The van der Waals surface area contributed by atoms with Crippen LogP contribution in [0.3, 0.4) is 0 Å². The quantitative estimate of drug-likeness (QED) is 0.254. The maximum absolute atomic E-state index is 6.48. The molecule has 0 atom stereocenters. The number of rotatable bonds is 5. The van der Waals surface area contributed by atoms with Crippen LogP contribution in [0, 0.1) is 0 Å². The molecule has 172 valence electrons. The van der Waals surface area contributed by atoms with Crippen LogP contribution in [-0.4, -0.2) is 13.7 Å². The molecule has 0 spiro atoms. The van der Waals surface area contributed by atoms with E-state index >= 15 is 0 Å². The number of methoxy groups -OCH3 is 1. The van der Waals surface area contributed by atoms with Crippen molar-refractivity contribution in [3.05, 3.63) is 87.5 Å². The van der Waals surface area contributed by atoms with Crippen molar-refractivity contribution in [1.82, 2.24) is 0 Å². The summed E-state index contributed by atoms with van der Waals surface area (Å²) < 4.78 is 7.75. The summed E-state index contributed by atoms with van der Waals surface area (Å²) in [7, 11) is 1.70. The van der Waals surface area contributed by atoms with E-state index in [0.29, 0.717) is 10.0 Å². The number of aryl methyl sites for hydroxylation is 1. The number of fused-ring (bicyclic) bond motifs is 2. The molecule has 0 radical (unpaired) electrons. The fraction of sp³-hybridized carbons (Fsp3) is 0.179. The van der Waals surface area contributed by atoms with Gasteiger partial charge in [0, 0.05) is 45.3 Å². The fourth-order valence-corrected chi connectivity index (χ4v) is 6.08. The molecule has 3 aromatic carbocycles. The maximum Gasteiger partial charge on any atom is 0.213 e. The normalized spacial score (nSPS) is 14.1. The first-order chi connectivity index (χ1) is 16.5. The van der Waals surface area contributed by atoms with Crippen molar-refractivity contribution in [2.24, 2.45) is 0 Å². The Morgan fingerprint density at radius 3 is 2.59 bits per heavy atom. The van der Waals surface area contributed by atoms with E-state index in [-0.39, 0.29) is 0 Å². The number of aromatic nitrogens is 1. The van der Waals surface area contributed by atoms with Gasteiger partial charge in [0.05, 0.1) is 23.2 Å². The molecule has 5 rings (SSSR count). The van der Waals surface area contributed by atoms with Gasteiger partial charge in [0.25, 0.3) is 0 Å². The molecule has 0 saturated carbocycles. The molecule has 1 aromatic heterocycles. The molecule has 0 aliphatic carbocycles. The van der Waals surface area contributed by atoms with Crippen molar-refractivity contribution in [1.29, 1.82) is 0 Å². The molecule has 0 amide bonds. The van der Waals surface area contributed by atoms with Gasteiger partial charge in [-0.1, -0.05) is 41.0 Å². The van der Waals surface area contributed by atoms with E-state index in [0.717, 1.165) is 30.0 Å². The number of anilines is 1. The van der Waals surface area contributed by atoms with Crippen LogP contribution >= 0.6 is 35.0 Å². The van der Waals surface area contributed by atoms with Gasteiger partial charge in [-0.3, -0.25) is 0 Å². The number of hydrogen-bond acceptors (Lipinski definition) is 3. The summed E-state index contributed by atoms with van der Waals surface area (Å²) >= 11 is 14.5. The molecule has 6 heteroatoms. The summed E-state index contributed by atoms with van der Waals surface area (Å²) in [5.41, 5.74) is 5.60. The SMILES string of the molecule is CCN1C(=Cc2ccc3cc(OC)ccc3[n+]2CC)Sc2cc(-c3cc(Cl)ccc3Cl)ccc21. The van der Waals surface area contributed by atoms with Gasteiger partial charge in [0.2, 0.25) is 11.2 Å². The topological polar surface area (TPSA) is 16.4 Å². The molecule has 0 unspecified atom stereocenters. The van der Waals surface area contributed by atoms with Crippen molar-refractivity contribution in [3.63, 3.8) is 0 Å². The Kier molecular flexibility index (Phi) is 6.48.